The van der Waals surface area contributed by atoms with Crippen LogP contribution in [0, 0.1) is 5.92 Å². The first-order valence-electron chi connectivity index (χ1n) is 8.08. The molecule has 0 saturated heterocycles. The third kappa shape index (κ3) is 4.33. The fraction of sp³-hybridized carbons (Fsp3) is 0.706. The highest BCUT2D eigenvalue weighted by atomic mass is 35.5. The summed E-state index contributed by atoms with van der Waals surface area (Å²) in [6.45, 7) is 8.45. The fourth-order valence-corrected chi connectivity index (χ4v) is 2.82. The van der Waals surface area contributed by atoms with E-state index in [1.807, 2.05) is 6.20 Å². The molecule has 0 spiro atoms. The van der Waals surface area contributed by atoms with Gasteiger partial charge in [0.25, 0.3) is 0 Å². The molecule has 0 atom stereocenters. The molecule has 3 rings (SSSR count). The first kappa shape index (κ1) is 15.1. The number of pyridine rings is 1. The minimum absolute atomic E-state index is 0.108. The largest absolute Gasteiger partial charge is 0.352 e. The number of rotatable bonds is 6. The zero-order valence-electron chi connectivity index (χ0n) is 13.3. The van der Waals surface area contributed by atoms with Gasteiger partial charge in [0.05, 0.1) is 5.02 Å². The average molecular weight is 308 g/mol. The van der Waals surface area contributed by atoms with Gasteiger partial charge in [0.2, 0.25) is 0 Å². The van der Waals surface area contributed by atoms with Crippen LogP contribution in [-0.4, -0.2) is 23.1 Å². The zero-order chi connectivity index (χ0) is 15.0. The van der Waals surface area contributed by atoms with Crippen LogP contribution in [0.5, 0.6) is 0 Å². The molecule has 2 fully saturated rings. The lowest BCUT2D eigenvalue weighted by Gasteiger charge is -2.25. The number of anilines is 1. The molecule has 0 radical (unpaired) electrons. The summed E-state index contributed by atoms with van der Waals surface area (Å²) in [7, 11) is 0. The second-order valence-corrected chi connectivity index (χ2v) is 7.99. The van der Waals surface area contributed by atoms with Crippen molar-refractivity contribution in [2.75, 3.05) is 11.4 Å². The van der Waals surface area contributed by atoms with Gasteiger partial charge in [0, 0.05) is 30.9 Å². The van der Waals surface area contributed by atoms with E-state index in [1.165, 1.54) is 25.7 Å². The van der Waals surface area contributed by atoms with Crippen molar-refractivity contribution in [2.45, 2.75) is 64.6 Å². The molecule has 1 aromatic rings. The molecule has 2 saturated carbocycles. The normalized spacial score (nSPS) is 18.9. The van der Waals surface area contributed by atoms with Crippen LogP contribution in [0.25, 0.3) is 0 Å². The van der Waals surface area contributed by atoms with Gasteiger partial charge >= 0.3 is 0 Å². The van der Waals surface area contributed by atoms with E-state index < -0.39 is 0 Å². The van der Waals surface area contributed by atoms with Crippen LogP contribution in [0.3, 0.4) is 0 Å². The van der Waals surface area contributed by atoms with Crippen molar-refractivity contribution in [2.24, 2.45) is 5.92 Å². The van der Waals surface area contributed by atoms with E-state index in [9.17, 15) is 0 Å². The zero-order valence-corrected chi connectivity index (χ0v) is 14.1. The minimum atomic E-state index is 0.108. The lowest BCUT2D eigenvalue weighted by molar-refractivity contribution is 0.424. The maximum absolute atomic E-state index is 6.52. The first-order chi connectivity index (χ1) is 9.92. The number of hydrogen-bond donors (Lipinski definition) is 1. The molecular formula is C17H26ClN3. The molecule has 116 valence electrons. The van der Waals surface area contributed by atoms with Crippen LogP contribution in [0.2, 0.25) is 5.02 Å². The quantitative estimate of drug-likeness (QED) is 0.861. The highest BCUT2D eigenvalue weighted by molar-refractivity contribution is 6.33. The molecule has 0 aromatic carbocycles. The summed E-state index contributed by atoms with van der Waals surface area (Å²) in [5.41, 5.74) is 1.26. The van der Waals surface area contributed by atoms with E-state index in [2.05, 4.69) is 42.0 Å². The van der Waals surface area contributed by atoms with Crippen LogP contribution >= 0.6 is 11.6 Å². The number of halogens is 1. The summed E-state index contributed by atoms with van der Waals surface area (Å²) < 4.78 is 0. The Morgan fingerprint density at radius 2 is 2.00 bits per heavy atom. The van der Waals surface area contributed by atoms with E-state index >= 15 is 0 Å². The van der Waals surface area contributed by atoms with E-state index in [0.717, 1.165) is 35.4 Å². The summed E-state index contributed by atoms with van der Waals surface area (Å²) >= 11 is 6.52. The summed E-state index contributed by atoms with van der Waals surface area (Å²) in [6.07, 6.45) is 7.29. The van der Waals surface area contributed by atoms with E-state index in [1.54, 1.807) is 0 Å². The van der Waals surface area contributed by atoms with Crippen molar-refractivity contribution in [1.29, 1.82) is 0 Å². The van der Waals surface area contributed by atoms with Gasteiger partial charge in [-0.25, -0.2) is 4.98 Å². The van der Waals surface area contributed by atoms with Crippen LogP contribution in [0.4, 0.5) is 5.82 Å². The predicted molar refractivity (Wildman–Crippen MR) is 88.9 cm³/mol. The van der Waals surface area contributed by atoms with E-state index in [0.29, 0.717) is 6.04 Å². The van der Waals surface area contributed by atoms with Gasteiger partial charge in [-0.2, -0.15) is 0 Å². The van der Waals surface area contributed by atoms with Crippen LogP contribution in [-0.2, 0) is 6.54 Å². The maximum atomic E-state index is 6.52. The Labute approximate surface area is 133 Å². The molecule has 2 aliphatic carbocycles. The standard InChI is InChI=1S/C17H26ClN3/c1-17(2,3)20-10-13-8-15(18)16(19-9-13)21(14-6-7-14)11-12-4-5-12/h8-9,12,14,20H,4-7,10-11H2,1-3H3. The second-order valence-electron chi connectivity index (χ2n) is 7.58. The van der Waals surface area contributed by atoms with Gasteiger partial charge in [-0.05, 0) is 64.0 Å². The summed E-state index contributed by atoms with van der Waals surface area (Å²) in [6, 6.07) is 2.75. The monoisotopic (exact) mass is 307 g/mol. The predicted octanol–water partition coefficient (Wildman–Crippen LogP) is 4.00. The molecule has 1 aromatic heterocycles. The van der Waals surface area contributed by atoms with Crippen LogP contribution < -0.4 is 10.2 Å². The van der Waals surface area contributed by atoms with Gasteiger partial charge in [0.15, 0.2) is 0 Å². The van der Waals surface area contributed by atoms with Crippen molar-refractivity contribution in [1.82, 2.24) is 10.3 Å². The van der Waals surface area contributed by atoms with Crippen molar-refractivity contribution < 1.29 is 0 Å². The van der Waals surface area contributed by atoms with Gasteiger partial charge in [-0.3, -0.25) is 0 Å². The molecule has 1 N–H and O–H groups in total. The molecule has 4 heteroatoms. The molecular weight excluding hydrogens is 282 g/mol. The third-order valence-corrected chi connectivity index (χ3v) is 4.39. The van der Waals surface area contributed by atoms with Crippen molar-refractivity contribution >= 4 is 17.4 Å². The van der Waals surface area contributed by atoms with E-state index in [-0.39, 0.29) is 5.54 Å². The highest BCUT2D eigenvalue weighted by Crippen LogP contribution is 2.39. The minimum Gasteiger partial charge on any atom is -0.352 e. The lowest BCUT2D eigenvalue weighted by Crippen LogP contribution is -2.35. The summed E-state index contributed by atoms with van der Waals surface area (Å²) in [4.78, 5) is 7.12. The Morgan fingerprint density at radius 3 is 2.52 bits per heavy atom. The Morgan fingerprint density at radius 1 is 1.29 bits per heavy atom. The van der Waals surface area contributed by atoms with Gasteiger partial charge < -0.3 is 10.2 Å². The molecule has 2 aliphatic rings. The number of nitrogens with one attached hydrogen (secondary N) is 1. The lowest BCUT2D eigenvalue weighted by atomic mass is 10.1. The fourth-order valence-electron chi connectivity index (χ4n) is 2.52. The van der Waals surface area contributed by atoms with Crippen molar-refractivity contribution in [3.05, 3.63) is 22.8 Å². The van der Waals surface area contributed by atoms with Gasteiger partial charge in [-0.15, -0.1) is 0 Å². The number of nitrogens with zero attached hydrogens (tertiary/aromatic N) is 2. The average Bonchev–Trinajstić information content (AvgIpc) is 3.24. The third-order valence-electron chi connectivity index (χ3n) is 4.11. The van der Waals surface area contributed by atoms with E-state index in [4.69, 9.17) is 11.6 Å². The summed E-state index contributed by atoms with van der Waals surface area (Å²) in [5, 5.41) is 4.28. The number of hydrogen-bond acceptors (Lipinski definition) is 3. The molecule has 21 heavy (non-hydrogen) atoms. The topological polar surface area (TPSA) is 28.2 Å². The molecule has 1 heterocycles. The second kappa shape index (κ2) is 5.77. The SMILES string of the molecule is CC(C)(C)NCc1cnc(N(CC2CC2)C2CC2)c(Cl)c1. The molecule has 0 bridgehead atoms. The molecule has 0 aliphatic heterocycles. The molecule has 0 amide bonds. The molecule has 3 nitrogen and oxygen atoms in total. The Bertz CT molecular complexity index is 501. The first-order valence-corrected chi connectivity index (χ1v) is 8.46. The molecule has 0 unspecified atom stereocenters. The smallest absolute Gasteiger partial charge is 0.147 e. The highest BCUT2D eigenvalue weighted by Gasteiger charge is 2.35. The van der Waals surface area contributed by atoms with Crippen LogP contribution in [0.15, 0.2) is 12.3 Å². The Hall–Kier alpha value is -0.800. The maximum Gasteiger partial charge on any atom is 0.147 e. The van der Waals surface area contributed by atoms with Crippen molar-refractivity contribution in [3.63, 3.8) is 0 Å². The van der Waals surface area contributed by atoms with Crippen molar-refractivity contribution in [3.8, 4) is 0 Å². The van der Waals surface area contributed by atoms with Gasteiger partial charge in [-0.1, -0.05) is 11.6 Å². The van der Waals surface area contributed by atoms with Crippen LogP contribution in [0.1, 0.15) is 52.0 Å². The van der Waals surface area contributed by atoms with Gasteiger partial charge in [0.1, 0.15) is 5.82 Å². The Kier molecular flexibility index (Phi) is 4.15. The number of aromatic nitrogens is 1. The Balaban J connectivity index is 1.70. The summed E-state index contributed by atoms with van der Waals surface area (Å²) in [5.74, 6) is 1.86.